The topological polar surface area (TPSA) is 69.6 Å². The highest BCUT2D eigenvalue weighted by Crippen LogP contribution is 2.14. The Balaban J connectivity index is 3.58. The summed E-state index contributed by atoms with van der Waals surface area (Å²) in [6, 6.07) is -0.645. The van der Waals surface area contributed by atoms with E-state index in [1.165, 1.54) is 135 Å². The van der Waals surface area contributed by atoms with Gasteiger partial charge in [0.2, 0.25) is 5.91 Å². The van der Waals surface area contributed by atoms with Crippen LogP contribution in [-0.4, -0.2) is 34.9 Å². The van der Waals surface area contributed by atoms with Gasteiger partial charge in [0.05, 0.1) is 18.8 Å². The molecule has 0 aliphatic carbocycles. The van der Waals surface area contributed by atoms with Gasteiger partial charge >= 0.3 is 0 Å². The van der Waals surface area contributed by atoms with Crippen molar-refractivity contribution in [1.82, 2.24) is 5.32 Å². The molecule has 0 saturated carbocycles. The van der Waals surface area contributed by atoms with E-state index >= 15 is 0 Å². The highest BCUT2D eigenvalue weighted by atomic mass is 16.3. The van der Waals surface area contributed by atoms with E-state index in [-0.39, 0.29) is 12.5 Å². The van der Waals surface area contributed by atoms with Crippen LogP contribution < -0.4 is 5.32 Å². The highest BCUT2D eigenvalue weighted by molar-refractivity contribution is 5.76. The molecule has 4 nitrogen and oxygen atoms in total. The summed E-state index contributed by atoms with van der Waals surface area (Å²) in [5.41, 5.74) is 0. The van der Waals surface area contributed by atoms with Crippen LogP contribution in [0.3, 0.4) is 0 Å². The summed E-state index contributed by atoms with van der Waals surface area (Å²) in [6.45, 7) is 4.17. The summed E-state index contributed by atoms with van der Waals surface area (Å²) in [5, 5.41) is 23.0. The van der Waals surface area contributed by atoms with E-state index in [1.807, 2.05) is 6.08 Å². The molecule has 0 fully saturated rings. The molecule has 0 aromatic carbocycles. The van der Waals surface area contributed by atoms with Gasteiger partial charge in [-0.2, -0.15) is 0 Å². The highest BCUT2D eigenvalue weighted by Gasteiger charge is 2.17. The van der Waals surface area contributed by atoms with Crippen LogP contribution >= 0.6 is 0 Å². The Morgan fingerprint density at radius 2 is 0.726 bits per heavy atom. The molecule has 0 aromatic rings. The first kappa shape index (κ1) is 59.0. The zero-order valence-corrected chi connectivity index (χ0v) is 40.6. The summed E-state index contributed by atoms with van der Waals surface area (Å²) < 4.78 is 0. The van der Waals surface area contributed by atoms with Crippen molar-refractivity contribution in [2.24, 2.45) is 0 Å². The minimum atomic E-state index is -0.868. The van der Waals surface area contributed by atoms with E-state index in [4.69, 9.17) is 0 Å². The number of carbonyl (C=O) groups is 1. The average molecular weight is 858 g/mol. The van der Waals surface area contributed by atoms with Crippen LogP contribution in [0.2, 0.25) is 0 Å². The first-order chi connectivity index (χ1) is 30.7. The molecule has 0 aliphatic rings. The van der Waals surface area contributed by atoms with Crippen molar-refractivity contribution in [2.75, 3.05) is 6.61 Å². The number of aliphatic hydroxyl groups is 2. The predicted molar refractivity (Wildman–Crippen MR) is 276 cm³/mol. The molecule has 354 valence electrons. The predicted octanol–water partition coefficient (Wildman–Crippen LogP) is 17.1. The number of aliphatic hydroxyl groups excluding tert-OH is 2. The van der Waals surface area contributed by atoms with Crippen LogP contribution in [0.1, 0.15) is 232 Å². The third-order valence-corrected chi connectivity index (χ3v) is 11.2. The summed E-state index contributed by atoms with van der Waals surface area (Å²) in [4.78, 5) is 12.4. The van der Waals surface area contributed by atoms with Crippen molar-refractivity contribution in [3.63, 3.8) is 0 Å². The quantitative estimate of drug-likeness (QED) is 0.0422. The molecule has 0 bridgehead atoms. The second-order valence-electron chi connectivity index (χ2n) is 17.2. The molecule has 0 aromatic heterocycles. The Kier molecular flexibility index (Phi) is 49.9. The fourth-order valence-electron chi connectivity index (χ4n) is 7.29. The Morgan fingerprint density at radius 1 is 0.403 bits per heavy atom. The van der Waals surface area contributed by atoms with E-state index in [0.29, 0.717) is 6.42 Å². The van der Waals surface area contributed by atoms with E-state index in [9.17, 15) is 15.0 Å². The van der Waals surface area contributed by atoms with Crippen molar-refractivity contribution < 1.29 is 15.0 Å². The fraction of sp³-hybridized carbons (Fsp3) is 0.672. The minimum absolute atomic E-state index is 0.0794. The molecule has 3 N–H and O–H groups in total. The lowest BCUT2D eigenvalue weighted by atomic mass is 10.0. The molecule has 4 heteroatoms. The molecule has 62 heavy (non-hydrogen) atoms. The summed E-state index contributed by atoms with van der Waals surface area (Å²) >= 11 is 0. The number of amides is 1. The molecule has 0 heterocycles. The van der Waals surface area contributed by atoms with Crippen LogP contribution in [0.25, 0.3) is 0 Å². The number of nitrogens with one attached hydrogen (secondary N) is 1. The molecule has 0 spiro atoms. The van der Waals surface area contributed by atoms with Gasteiger partial charge in [0.15, 0.2) is 0 Å². The van der Waals surface area contributed by atoms with Crippen LogP contribution in [0.15, 0.2) is 109 Å². The largest absolute Gasteiger partial charge is 0.394 e. The van der Waals surface area contributed by atoms with Crippen LogP contribution in [0, 0.1) is 0 Å². The van der Waals surface area contributed by atoms with Gasteiger partial charge in [0.25, 0.3) is 0 Å². The maximum atomic E-state index is 12.4. The maximum Gasteiger partial charge on any atom is 0.220 e. The van der Waals surface area contributed by atoms with E-state index in [1.54, 1.807) is 6.08 Å². The normalized spacial score (nSPS) is 13.8. The number of hydrogen-bond donors (Lipinski definition) is 3. The minimum Gasteiger partial charge on any atom is -0.394 e. The fourth-order valence-corrected chi connectivity index (χ4v) is 7.29. The van der Waals surface area contributed by atoms with Gasteiger partial charge in [0.1, 0.15) is 0 Å². The summed E-state index contributed by atoms with van der Waals surface area (Å²) in [5.74, 6) is -0.0794. The molecule has 0 aliphatic heterocycles. The smallest absolute Gasteiger partial charge is 0.220 e. The third kappa shape index (κ3) is 48.1. The van der Waals surface area contributed by atoms with Gasteiger partial charge in [-0.25, -0.2) is 0 Å². The second kappa shape index (κ2) is 52.4. The Labute approximate surface area is 385 Å². The zero-order chi connectivity index (χ0) is 44.9. The molecular formula is C58H99NO3. The average Bonchev–Trinajstić information content (AvgIpc) is 3.28. The van der Waals surface area contributed by atoms with Gasteiger partial charge < -0.3 is 15.5 Å². The van der Waals surface area contributed by atoms with Crippen LogP contribution in [0.5, 0.6) is 0 Å². The summed E-state index contributed by atoms with van der Waals surface area (Å²) in [6.07, 6.45) is 79.4. The standard InChI is InChI=1S/C58H99NO3/c1-3-5-7-9-11-13-15-17-19-20-21-22-23-24-25-26-27-28-29-30-31-32-33-34-35-36-37-38-40-42-44-46-48-50-52-54-58(62)59-56(55-60)57(61)53-51-49-47-45-43-41-39-18-16-14-12-10-8-6-4-2/h5,7,11,13,17,19,21-22,24-25,27-28,30-31,43,45,51,53,56-57,60-61H,3-4,6,8-10,12,14-16,18,20,23,26,29,32-42,44,46-50,52,54-55H2,1-2H3,(H,59,62)/b7-5-,13-11-,19-17-,22-21-,25-24-,28-27-,31-30-,45-43+,53-51+. The van der Waals surface area contributed by atoms with Gasteiger partial charge in [-0.3, -0.25) is 4.79 Å². The van der Waals surface area contributed by atoms with Gasteiger partial charge in [0, 0.05) is 6.42 Å². The lowest BCUT2D eigenvalue weighted by molar-refractivity contribution is -0.123. The Bertz CT molecular complexity index is 1200. The molecule has 2 atom stereocenters. The van der Waals surface area contributed by atoms with Gasteiger partial charge in [-0.1, -0.05) is 245 Å². The zero-order valence-electron chi connectivity index (χ0n) is 40.6. The van der Waals surface area contributed by atoms with Crippen LogP contribution in [0.4, 0.5) is 0 Å². The van der Waals surface area contributed by atoms with Crippen molar-refractivity contribution >= 4 is 5.91 Å². The molecule has 2 unspecified atom stereocenters. The lowest BCUT2D eigenvalue weighted by Gasteiger charge is -2.19. The Hall–Kier alpha value is -2.95. The second-order valence-corrected chi connectivity index (χ2v) is 17.2. The maximum absolute atomic E-state index is 12.4. The van der Waals surface area contributed by atoms with Crippen molar-refractivity contribution in [1.29, 1.82) is 0 Å². The number of hydrogen-bond acceptors (Lipinski definition) is 3. The number of rotatable bonds is 46. The number of allylic oxidation sites excluding steroid dienone is 17. The molecule has 1 amide bonds. The van der Waals surface area contributed by atoms with Crippen molar-refractivity contribution in [3.05, 3.63) is 109 Å². The summed E-state index contributed by atoms with van der Waals surface area (Å²) in [7, 11) is 0. The third-order valence-electron chi connectivity index (χ3n) is 11.2. The van der Waals surface area contributed by atoms with E-state index in [2.05, 4.69) is 116 Å². The number of carbonyl (C=O) groups excluding carboxylic acids is 1. The molecule has 0 rings (SSSR count). The lowest BCUT2D eigenvalue weighted by Crippen LogP contribution is -2.45. The monoisotopic (exact) mass is 858 g/mol. The first-order valence-electron chi connectivity index (χ1n) is 26.1. The van der Waals surface area contributed by atoms with Crippen molar-refractivity contribution in [2.45, 2.75) is 244 Å². The molecule has 0 radical (unpaired) electrons. The van der Waals surface area contributed by atoms with E-state index in [0.717, 1.165) is 77.0 Å². The van der Waals surface area contributed by atoms with Gasteiger partial charge in [-0.15, -0.1) is 0 Å². The Morgan fingerprint density at radius 3 is 1.13 bits per heavy atom. The van der Waals surface area contributed by atoms with Crippen LogP contribution in [-0.2, 0) is 4.79 Å². The molecule has 0 saturated heterocycles. The molecular weight excluding hydrogens is 759 g/mol. The van der Waals surface area contributed by atoms with Crippen molar-refractivity contribution in [3.8, 4) is 0 Å². The SMILES string of the molecule is CC/C=C\C/C=C\C/C=C\C/C=C\C/C=C\C/C=C\C/C=C\CCCCCCCCCCCCCCCC(=O)NC(CO)C(O)/C=C/CC/C=C/CCCCCCCCCCC. The van der Waals surface area contributed by atoms with Gasteiger partial charge in [-0.05, 0) is 89.9 Å². The number of unbranched alkanes of at least 4 members (excludes halogenated alkanes) is 23. The first-order valence-corrected chi connectivity index (χ1v) is 26.1. The van der Waals surface area contributed by atoms with E-state index < -0.39 is 12.1 Å².